The van der Waals surface area contributed by atoms with Crippen molar-refractivity contribution in [2.75, 3.05) is 6.61 Å². The lowest BCUT2D eigenvalue weighted by atomic mass is 10.0. The quantitative estimate of drug-likeness (QED) is 0.875. The van der Waals surface area contributed by atoms with E-state index < -0.39 is 0 Å². The van der Waals surface area contributed by atoms with Crippen LogP contribution in [0.3, 0.4) is 0 Å². The lowest BCUT2D eigenvalue weighted by Crippen LogP contribution is -2.39. The van der Waals surface area contributed by atoms with Crippen LogP contribution in [-0.2, 0) is 6.54 Å². The summed E-state index contributed by atoms with van der Waals surface area (Å²) in [5.41, 5.74) is -0.0751. The van der Waals surface area contributed by atoms with Gasteiger partial charge < -0.3 is 10.4 Å². The summed E-state index contributed by atoms with van der Waals surface area (Å²) in [5, 5.41) is 14.4. The summed E-state index contributed by atoms with van der Waals surface area (Å²) >= 11 is 8.11. The van der Waals surface area contributed by atoms with Gasteiger partial charge in [0.15, 0.2) is 0 Å². The number of hydrogen-bond donors (Lipinski definition) is 2. The first-order valence-corrected chi connectivity index (χ1v) is 7.25. The maximum Gasteiger partial charge on any atom is 0.0636 e. The van der Waals surface area contributed by atoms with Gasteiger partial charge in [0.1, 0.15) is 0 Å². The van der Waals surface area contributed by atoms with Crippen LogP contribution in [-0.4, -0.2) is 17.3 Å². The number of halogens is 1. The van der Waals surface area contributed by atoms with Crippen molar-refractivity contribution in [1.29, 1.82) is 0 Å². The van der Waals surface area contributed by atoms with E-state index in [0.29, 0.717) is 0 Å². The summed E-state index contributed by atoms with van der Waals surface area (Å²) in [6.45, 7) is 5.11. The lowest BCUT2D eigenvalue weighted by molar-refractivity contribution is 0.230. The second kappa shape index (κ2) is 5.57. The second-order valence-electron chi connectivity index (χ2n) is 5.05. The molecule has 0 aliphatic carbocycles. The van der Waals surface area contributed by atoms with Gasteiger partial charge in [-0.1, -0.05) is 29.8 Å². The predicted molar refractivity (Wildman–Crippen MR) is 79.5 cm³/mol. The highest BCUT2D eigenvalue weighted by molar-refractivity contribution is 7.19. The van der Waals surface area contributed by atoms with Crippen molar-refractivity contribution >= 4 is 33.0 Å². The molecule has 1 heterocycles. The van der Waals surface area contributed by atoms with Gasteiger partial charge in [0.2, 0.25) is 0 Å². The molecule has 0 radical (unpaired) electrons. The van der Waals surface area contributed by atoms with E-state index in [1.807, 2.05) is 12.1 Å². The van der Waals surface area contributed by atoms with E-state index >= 15 is 0 Å². The number of aliphatic hydroxyl groups is 1. The number of thiophene rings is 1. The smallest absolute Gasteiger partial charge is 0.0636 e. The maximum atomic E-state index is 9.00. The fourth-order valence-corrected chi connectivity index (χ4v) is 3.31. The second-order valence-corrected chi connectivity index (χ2v) is 6.56. The van der Waals surface area contributed by atoms with Gasteiger partial charge in [-0.2, -0.15) is 0 Å². The first-order valence-electron chi connectivity index (χ1n) is 6.05. The van der Waals surface area contributed by atoms with Crippen LogP contribution in [0.25, 0.3) is 10.1 Å². The zero-order valence-electron chi connectivity index (χ0n) is 10.7. The van der Waals surface area contributed by atoms with Crippen LogP contribution in [0.1, 0.15) is 25.1 Å². The number of fused-ring (bicyclic) bond motifs is 1. The van der Waals surface area contributed by atoms with Gasteiger partial charge >= 0.3 is 0 Å². The van der Waals surface area contributed by atoms with Crippen molar-refractivity contribution in [1.82, 2.24) is 5.32 Å². The third kappa shape index (κ3) is 3.04. The molecule has 98 valence electrons. The van der Waals surface area contributed by atoms with Crippen molar-refractivity contribution in [3.05, 3.63) is 34.2 Å². The van der Waals surface area contributed by atoms with Crippen molar-refractivity contribution < 1.29 is 5.11 Å². The van der Waals surface area contributed by atoms with E-state index in [1.54, 1.807) is 11.3 Å². The molecule has 0 saturated carbocycles. The first kappa shape index (κ1) is 13.8. The highest BCUT2D eigenvalue weighted by Gasteiger charge is 2.18. The molecule has 18 heavy (non-hydrogen) atoms. The fraction of sp³-hybridized carbons (Fsp3) is 0.429. The summed E-state index contributed by atoms with van der Waals surface area (Å²) in [5.74, 6) is 0. The number of hydrogen-bond acceptors (Lipinski definition) is 3. The monoisotopic (exact) mass is 283 g/mol. The predicted octanol–water partition coefficient (Wildman–Crippen LogP) is 3.81. The Balaban J connectivity index is 2.15. The van der Waals surface area contributed by atoms with Crippen molar-refractivity contribution in [3.63, 3.8) is 0 Å². The fourth-order valence-electron chi connectivity index (χ4n) is 1.87. The Kier molecular flexibility index (Phi) is 4.28. The molecule has 0 saturated heterocycles. The van der Waals surface area contributed by atoms with Gasteiger partial charge in [-0.3, -0.25) is 0 Å². The molecular formula is C14H18ClNOS. The molecule has 1 aromatic heterocycles. The van der Waals surface area contributed by atoms with Gasteiger partial charge in [-0.25, -0.2) is 0 Å². The van der Waals surface area contributed by atoms with E-state index in [1.165, 1.54) is 4.70 Å². The Hall–Kier alpha value is -0.610. The average molecular weight is 284 g/mol. The number of benzene rings is 1. The molecule has 0 fully saturated rings. The SMILES string of the molecule is CC(C)(CCO)NCc1sc2ccccc2c1Cl. The van der Waals surface area contributed by atoms with Crippen molar-refractivity contribution in [3.8, 4) is 0 Å². The van der Waals surface area contributed by atoms with Crippen LogP contribution < -0.4 is 5.32 Å². The van der Waals surface area contributed by atoms with Gasteiger partial charge in [0.05, 0.1) is 5.02 Å². The molecule has 1 aromatic carbocycles. The van der Waals surface area contributed by atoms with Crippen molar-refractivity contribution in [2.24, 2.45) is 0 Å². The van der Waals surface area contributed by atoms with Gasteiger partial charge in [-0.05, 0) is 26.3 Å². The zero-order chi connectivity index (χ0) is 13.2. The van der Waals surface area contributed by atoms with E-state index in [0.717, 1.165) is 28.3 Å². The normalized spacial score (nSPS) is 12.2. The molecule has 0 bridgehead atoms. The Morgan fingerprint density at radius 3 is 2.72 bits per heavy atom. The highest BCUT2D eigenvalue weighted by atomic mass is 35.5. The van der Waals surface area contributed by atoms with E-state index in [-0.39, 0.29) is 12.1 Å². The molecule has 0 amide bonds. The Morgan fingerprint density at radius 2 is 2.06 bits per heavy atom. The minimum absolute atomic E-state index is 0.0751. The molecule has 0 aliphatic rings. The van der Waals surface area contributed by atoms with E-state index in [4.69, 9.17) is 16.7 Å². The van der Waals surface area contributed by atoms with Crippen molar-refractivity contribution in [2.45, 2.75) is 32.4 Å². The summed E-state index contributed by atoms with van der Waals surface area (Å²) in [4.78, 5) is 1.16. The van der Waals surface area contributed by atoms with Crippen LogP contribution in [0.2, 0.25) is 5.02 Å². The lowest BCUT2D eigenvalue weighted by Gasteiger charge is -2.25. The molecule has 4 heteroatoms. The molecule has 0 spiro atoms. The third-order valence-electron chi connectivity index (χ3n) is 3.07. The van der Waals surface area contributed by atoms with Crippen LogP contribution in [0.5, 0.6) is 0 Å². The number of aliphatic hydroxyl groups excluding tert-OH is 1. The molecule has 0 aliphatic heterocycles. The minimum atomic E-state index is -0.0751. The standard InChI is InChI=1S/C14H18ClNOS/c1-14(2,7-8-17)16-9-12-13(15)10-5-3-4-6-11(10)18-12/h3-6,16-17H,7-9H2,1-2H3. The number of rotatable bonds is 5. The minimum Gasteiger partial charge on any atom is -0.396 e. The van der Waals surface area contributed by atoms with Gasteiger partial charge in [0.25, 0.3) is 0 Å². The van der Waals surface area contributed by atoms with Gasteiger partial charge in [0, 0.05) is 33.7 Å². The first-order chi connectivity index (χ1) is 8.53. The molecule has 2 nitrogen and oxygen atoms in total. The third-order valence-corrected chi connectivity index (χ3v) is 4.78. The zero-order valence-corrected chi connectivity index (χ0v) is 12.2. The Bertz CT molecular complexity index is 536. The molecular weight excluding hydrogens is 266 g/mol. The van der Waals surface area contributed by atoms with Crippen LogP contribution in [0.4, 0.5) is 0 Å². The summed E-state index contributed by atoms with van der Waals surface area (Å²) < 4.78 is 1.22. The highest BCUT2D eigenvalue weighted by Crippen LogP contribution is 2.35. The Morgan fingerprint density at radius 1 is 1.33 bits per heavy atom. The number of nitrogens with one attached hydrogen (secondary N) is 1. The summed E-state index contributed by atoms with van der Waals surface area (Å²) in [6.07, 6.45) is 0.732. The summed E-state index contributed by atoms with van der Waals surface area (Å²) in [7, 11) is 0. The molecule has 2 N–H and O–H groups in total. The molecule has 0 atom stereocenters. The maximum absolute atomic E-state index is 9.00. The molecule has 2 aromatic rings. The van der Waals surface area contributed by atoms with E-state index in [2.05, 4.69) is 31.3 Å². The summed E-state index contributed by atoms with van der Waals surface area (Å²) in [6, 6.07) is 8.18. The van der Waals surface area contributed by atoms with Gasteiger partial charge in [-0.15, -0.1) is 11.3 Å². The topological polar surface area (TPSA) is 32.3 Å². The molecule has 0 unspecified atom stereocenters. The van der Waals surface area contributed by atoms with E-state index in [9.17, 15) is 0 Å². The van der Waals surface area contributed by atoms with Crippen LogP contribution >= 0.6 is 22.9 Å². The Labute approximate surface area is 117 Å². The average Bonchev–Trinajstić information content (AvgIpc) is 2.65. The van der Waals surface area contributed by atoms with Crippen LogP contribution in [0.15, 0.2) is 24.3 Å². The largest absolute Gasteiger partial charge is 0.396 e. The van der Waals surface area contributed by atoms with Crippen LogP contribution in [0, 0.1) is 0 Å². The molecule has 2 rings (SSSR count).